The van der Waals surface area contributed by atoms with Crippen molar-refractivity contribution in [2.45, 2.75) is 45.8 Å². The van der Waals surface area contributed by atoms with Crippen molar-refractivity contribution in [2.75, 3.05) is 43.8 Å². The first-order valence-electron chi connectivity index (χ1n) is 12.3. The van der Waals surface area contributed by atoms with Crippen molar-refractivity contribution in [3.8, 4) is 0 Å². The van der Waals surface area contributed by atoms with E-state index in [1.165, 1.54) is 5.56 Å². The fourth-order valence-corrected chi connectivity index (χ4v) is 4.60. The molecule has 1 fully saturated rings. The molecular formula is C26H35N7O2. The van der Waals surface area contributed by atoms with Crippen LogP contribution in [0.25, 0.3) is 6.08 Å². The van der Waals surface area contributed by atoms with Gasteiger partial charge in [-0.2, -0.15) is 4.98 Å². The van der Waals surface area contributed by atoms with Gasteiger partial charge < -0.3 is 25.6 Å². The number of amides is 1. The monoisotopic (exact) mass is 477 g/mol. The van der Waals surface area contributed by atoms with E-state index >= 15 is 0 Å². The van der Waals surface area contributed by atoms with Gasteiger partial charge in [-0.05, 0) is 23.6 Å². The van der Waals surface area contributed by atoms with Crippen LogP contribution in [-0.2, 0) is 22.7 Å². The predicted molar refractivity (Wildman–Crippen MR) is 137 cm³/mol. The lowest BCUT2D eigenvalue weighted by atomic mass is 10.0. The quantitative estimate of drug-likeness (QED) is 0.419. The highest BCUT2D eigenvalue weighted by atomic mass is 16.2. The third kappa shape index (κ3) is 5.97. The molecule has 0 saturated carbocycles. The second-order valence-corrected chi connectivity index (χ2v) is 9.18. The van der Waals surface area contributed by atoms with Crippen molar-refractivity contribution in [2.24, 2.45) is 0 Å². The van der Waals surface area contributed by atoms with E-state index in [4.69, 9.17) is 5.73 Å². The molecule has 1 aromatic heterocycles. The van der Waals surface area contributed by atoms with Crippen molar-refractivity contribution in [1.82, 2.24) is 24.7 Å². The molecule has 1 atom stereocenters. The summed E-state index contributed by atoms with van der Waals surface area (Å²) in [7, 11) is 0. The number of nitrogens with zero attached hydrogens (tertiary/aromatic N) is 5. The van der Waals surface area contributed by atoms with Gasteiger partial charge in [0.25, 0.3) is 0 Å². The lowest BCUT2D eigenvalue weighted by Gasteiger charge is -2.34. The van der Waals surface area contributed by atoms with E-state index in [1.807, 2.05) is 22.1 Å². The molecule has 3 N–H and O–H groups in total. The minimum Gasteiger partial charge on any atom is -0.370 e. The lowest BCUT2D eigenvalue weighted by molar-refractivity contribution is -0.130. The molecule has 1 aromatic carbocycles. The molecule has 0 aliphatic carbocycles. The maximum Gasteiger partial charge on any atom is 0.222 e. The third-order valence-corrected chi connectivity index (χ3v) is 6.63. The van der Waals surface area contributed by atoms with Gasteiger partial charge in [0.15, 0.2) is 0 Å². The number of anilines is 2. The number of aromatic nitrogens is 2. The lowest BCUT2D eigenvalue weighted by Crippen LogP contribution is -2.47. The maximum absolute atomic E-state index is 12.2. The van der Waals surface area contributed by atoms with E-state index in [-0.39, 0.29) is 11.9 Å². The summed E-state index contributed by atoms with van der Waals surface area (Å²) in [5.41, 5.74) is 9.73. The normalized spacial score (nSPS) is 17.8. The first-order valence-corrected chi connectivity index (χ1v) is 12.3. The highest BCUT2D eigenvalue weighted by Crippen LogP contribution is 2.34. The number of hydrogen-bond acceptors (Lipinski definition) is 8. The molecular weight excluding hydrogens is 442 g/mol. The number of hydrogen-bond donors (Lipinski definition) is 2. The van der Waals surface area contributed by atoms with Gasteiger partial charge in [-0.15, -0.1) is 0 Å². The standard InChI is InChI=1S/C26H35N7O2/c1-3-4-10-28-25-24-22(29-26(27)30-25)9-11-33(23(24)18-34)17-21-7-5-20(6-8-21)16-31-12-14-32(15-13-31)19(2)35/h5-9,11,18,23H,3-4,10,12-17H2,1-2H3,(H3,27,28,29,30). The van der Waals surface area contributed by atoms with E-state index in [2.05, 4.69) is 51.4 Å². The summed E-state index contributed by atoms with van der Waals surface area (Å²) in [4.78, 5) is 38.8. The first-order chi connectivity index (χ1) is 17.0. The summed E-state index contributed by atoms with van der Waals surface area (Å²) in [6.45, 7) is 9.34. The minimum absolute atomic E-state index is 0.149. The summed E-state index contributed by atoms with van der Waals surface area (Å²) in [6.07, 6.45) is 6.81. The summed E-state index contributed by atoms with van der Waals surface area (Å²) in [5.74, 6) is 0.979. The number of benzene rings is 1. The zero-order chi connectivity index (χ0) is 24.8. The van der Waals surface area contributed by atoms with Crippen molar-refractivity contribution in [1.29, 1.82) is 0 Å². The molecule has 9 nitrogen and oxygen atoms in total. The Kier molecular flexibility index (Phi) is 7.97. The van der Waals surface area contributed by atoms with Crippen LogP contribution in [0, 0.1) is 0 Å². The molecule has 1 amide bonds. The van der Waals surface area contributed by atoms with Crippen LogP contribution in [0.3, 0.4) is 0 Å². The van der Waals surface area contributed by atoms with Gasteiger partial charge in [0.2, 0.25) is 11.9 Å². The Labute approximate surface area is 207 Å². The average Bonchev–Trinajstić information content (AvgIpc) is 2.85. The Balaban J connectivity index is 1.42. The van der Waals surface area contributed by atoms with Crippen LogP contribution in [0.5, 0.6) is 0 Å². The number of rotatable bonds is 9. The van der Waals surface area contributed by atoms with Crippen LogP contribution in [-0.4, -0.2) is 69.6 Å². The number of nitrogens with two attached hydrogens (primary N) is 1. The number of carbonyl (C=O) groups excluding carboxylic acids is 2. The molecule has 2 aromatic rings. The molecule has 186 valence electrons. The summed E-state index contributed by atoms with van der Waals surface area (Å²) in [6, 6.07) is 8.03. The highest BCUT2D eigenvalue weighted by molar-refractivity contribution is 5.74. The SMILES string of the molecule is CCCCNc1nc(N)nc2c1C(C=O)N(Cc1ccc(CN3CCN(C(C)=O)CC3)cc1)C=C2. The maximum atomic E-state index is 12.2. The molecule has 0 bridgehead atoms. The Hall–Kier alpha value is -3.46. The molecule has 1 saturated heterocycles. The van der Waals surface area contributed by atoms with E-state index in [1.54, 1.807) is 6.92 Å². The third-order valence-electron chi connectivity index (χ3n) is 6.63. The molecule has 0 radical (unpaired) electrons. The number of nitrogen functional groups attached to an aromatic ring is 1. The molecule has 4 rings (SSSR count). The smallest absolute Gasteiger partial charge is 0.222 e. The Morgan fingerprint density at radius 2 is 1.80 bits per heavy atom. The zero-order valence-corrected chi connectivity index (χ0v) is 20.6. The Morgan fingerprint density at radius 1 is 1.11 bits per heavy atom. The molecule has 2 aliphatic rings. The summed E-state index contributed by atoms with van der Waals surface area (Å²) >= 11 is 0. The van der Waals surface area contributed by atoms with E-state index in [0.717, 1.165) is 69.5 Å². The van der Waals surface area contributed by atoms with E-state index in [0.29, 0.717) is 18.1 Å². The van der Waals surface area contributed by atoms with Crippen LogP contribution < -0.4 is 11.1 Å². The van der Waals surface area contributed by atoms with Crippen LogP contribution in [0.15, 0.2) is 30.5 Å². The number of aldehydes is 1. The van der Waals surface area contributed by atoms with Crippen LogP contribution in [0.1, 0.15) is 55.1 Å². The van der Waals surface area contributed by atoms with Crippen LogP contribution in [0.4, 0.5) is 11.8 Å². The molecule has 3 heterocycles. The fourth-order valence-electron chi connectivity index (χ4n) is 4.60. The zero-order valence-electron chi connectivity index (χ0n) is 20.6. The molecule has 1 unspecified atom stereocenters. The van der Waals surface area contributed by atoms with Crippen molar-refractivity contribution in [3.05, 3.63) is 52.8 Å². The first kappa shape index (κ1) is 24.7. The van der Waals surface area contributed by atoms with Gasteiger partial charge in [0.1, 0.15) is 18.1 Å². The number of piperazine rings is 1. The fraction of sp³-hybridized carbons (Fsp3) is 0.462. The van der Waals surface area contributed by atoms with Crippen molar-refractivity contribution >= 4 is 30.0 Å². The molecule has 35 heavy (non-hydrogen) atoms. The van der Waals surface area contributed by atoms with E-state index < -0.39 is 6.04 Å². The minimum atomic E-state index is -0.489. The Bertz CT molecular complexity index is 1060. The van der Waals surface area contributed by atoms with Gasteiger partial charge in [-0.25, -0.2) is 4.98 Å². The van der Waals surface area contributed by atoms with Gasteiger partial charge in [0, 0.05) is 58.9 Å². The molecule has 0 spiro atoms. The van der Waals surface area contributed by atoms with E-state index in [9.17, 15) is 9.59 Å². The summed E-state index contributed by atoms with van der Waals surface area (Å²) in [5, 5.41) is 3.34. The number of nitrogens with one attached hydrogen (secondary N) is 1. The van der Waals surface area contributed by atoms with Crippen LogP contribution in [0.2, 0.25) is 0 Å². The van der Waals surface area contributed by atoms with Crippen LogP contribution >= 0.6 is 0 Å². The molecule has 2 aliphatic heterocycles. The largest absolute Gasteiger partial charge is 0.370 e. The average molecular weight is 478 g/mol. The number of unbranched alkanes of at least 4 members (excludes halogenated alkanes) is 1. The highest BCUT2D eigenvalue weighted by Gasteiger charge is 2.28. The van der Waals surface area contributed by atoms with Gasteiger partial charge in [-0.1, -0.05) is 37.6 Å². The number of fused-ring (bicyclic) bond motifs is 1. The van der Waals surface area contributed by atoms with Gasteiger partial charge >= 0.3 is 0 Å². The molecule has 9 heteroatoms. The Morgan fingerprint density at radius 3 is 2.43 bits per heavy atom. The topological polar surface area (TPSA) is 108 Å². The van der Waals surface area contributed by atoms with Gasteiger partial charge in [0.05, 0.1) is 11.3 Å². The second kappa shape index (κ2) is 11.3. The number of carbonyl (C=O) groups is 2. The van der Waals surface area contributed by atoms with Crippen molar-refractivity contribution < 1.29 is 9.59 Å². The van der Waals surface area contributed by atoms with Gasteiger partial charge in [-0.3, -0.25) is 9.69 Å². The van der Waals surface area contributed by atoms with Crippen molar-refractivity contribution in [3.63, 3.8) is 0 Å². The summed E-state index contributed by atoms with van der Waals surface area (Å²) < 4.78 is 0. The second-order valence-electron chi connectivity index (χ2n) is 9.18. The predicted octanol–water partition coefficient (Wildman–Crippen LogP) is 2.66.